The first-order chi connectivity index (χ1) is 24.5. The van der Waals surface area contributed by atoms with Gasteiger partial charge in [0.25, 0.3) is 0 Å². The number of esters is 1. The van der Waals surface area contributed by atoms with E-state index < -0.39 is 75.5 Å². The van der Waals surface area contributed by atoms with Gasteiger partial charge in [-0.3, -0.25) is 9.69 Å². The summed E-state index contributed by atoms with van der Waals surface area (Å²) < 4.78 is 68.5. The standard InChI is InChI=1S/C36H49FN4O11S/c1-10-16-49-32(43)38-53(47,48)40(21-29(42)51-35(4,5)6)31-28(50-22-24-14-12-11-13-15-24)18-27-26(30(31)37)17-25(41(27)33(44)45)20-39(19-23(2)3)34(46)52-36(7,8)9/h10-15,18,23,25H,1,16-17,19-22H2,2-9H3,(H,38,43)(H,44,45)/t25-/m1/s1. The Morgan fingerprint density at radius 2 is 1.70 bits per heavy atom. The van der Waals surface area contributed by atoms with Gasteiger partial charge in [-0.05, 0) is 53.0 Å². The minimum Gasteiger partial charge on any atom is -0.487 e. The lowest BCUT2D eigenvalue weighted by molar-refractivity contribution is -0.152. The van der Waals surface area contributed by atoms with Crippen molar-refractivity contribution in [2.45, 2.75) is 85.7 Å². The number of halogens is 1. The van der Waals surface area contributed by atoms with E-state index in [-0.39, 0.29) is 54.2 Å². The molecular formula is C36H49FN4O11S. The third kappa shape index (κ3) is 12.0. The number of hydrogen-bond donors (Lipinski definition) is 2. The minimum atomic E-state index is -5.15. The zero-order chi connectivity index (χ0) is 39.9. The fourth-order valence-electron chi connectivity index (χ4n) is 5.40. The summed E-state index contributed by atoms with van der Waals surface area (Å²) in [7, 11) is -5.15. The Kier molecular flexibility index (Phi) is 13.7. The topological polar surface area (TPSA) is 181 Å². The smallest absolute Gasteiger partial charge is 0.422 e. The van der Waals surface area contributed by atoms with Gasteiger partial charge in [-0.2, -0.15) is 8.42 Å². The molecule has 2 aromatic carbocycles. The van der Waals surface area contributed by atoms with Crippen LogP contribution in [0.15, 0.2) is 49.1 Å². The van der Waals surface area contributed by atoms with Crippen LogP contribution in [0.3, 0.4) is 0 Å². The number of carboxylic acid groups (broad SMARTS) is 1. The molecular weight excluding hydrogens is 715 g/mol. The molecule has 1 aliphatic heterocycles. The van der Waals surface area contributed by atoms with Crippen molar-refractivity contribution in [3.63, 3.8) is 0 Å². The summed E-state index contributed by atoms with van der Waals surface area (Å²) in [4.78, 5) is 54.0. The number of ether oxygens (including phenoxy) is 4. The molecule has 53 heavy (non-hydrogen) atoms. The Bertz CT molecular complexity index is 1770. The molecule has 1 heterocycles. The number of rotatable bonds is 14. The Hall–Kier alpha value is -5.06. The van der Waals surface area contributed by atoms with Crippen molar-refractivity contribution in [3.05, 3.63) is 66.0 Å². The average molecular weight is 765 g/mol. The van der Waals surface area contributed by atoms with Gasteiger partial charge in [0.15, 0.2) is 5.82 Å². The lowest BCUT2D eigenvalue weighted by Gasteiger charge is -2.32. The molecule has 3 rings (SSSR count). The van der Waals surface area contributed by atoms with E-state index in [1.165, 1.54) is 11.0 Å². The van der Waals surface area contributed by atoms with Crippen molar-refractivity contribution in [1.29, 1.82) is 0 Å². The molecule has 0 bridgehead atoms. The fraction of sp³-hybridized carbons (Fsp3) is 0.500. The van der Waals surface area contributed by atoms with Gasteiger partial charge in [0.1, 0.15) is 42.4 Å². The number of carbonyl (C=O) groups is 4. The number of carbonyl (C=O) groups excluding carboxylic acids is 3. The molecule has 2 N–H and O–H groups in total. The largest absolute Gasteiger partial charge is 0.487 e. The van der Waals surface area contributed by atoms with Crippen LogP contribution in [0.4, 0.5) is 30.1 Å². The molecule has 0 fully saturated rings. The normalized spacial score (nSPS) is 14.2. The first kappa shape index (κ1) is 42.4. The van der Waals surface area contributed by atoms with Crippen LogP contribution in [0.5, 0.6) is 5.75 Å². The predicted molar refractivity (Wildman–Crippen MR) is 195 cm³/mol. The van der Waals surface area contributed by atoms with Gasteiger partial charge in [-0.15, -0.1) is 0 Å². The number of anilines is 2. The molecule has 0 saturated heterocycles. The first-order valence-electron chi connectivity index (χ1n) is 16.8. The molecule has 15 nitrogen and oxygen atoms in total. The molecule has 1 atom stereocenters. The quantitative estimate of drug-likeness (QED) is 0.131. The summed E-state index contributed by atoms with van der Waals surface area (Å²) in [5.74, 6) is -2.89. The van der Waals surface area contributed by atoms with E-state index in [2.05, 4.69) is 6.58 Å². The molecule has 0 unspecified atom stereocenters. The van der Waals surface area contributed by atoms with Crippen molar-refractivity contribution in [1.82, 2.24) is 9.62 Å². The lowest BCUT2D eigenvalue weighted by atomic mass is 10.1. The predicted octanol–water partition coefficient (Wildman–Crippen LogP) is 6.01. The van der Waals surface area contributed by atoms with E-state index in [9.17, 15) is 32.7 Å². The Balaban J connectivity index is 2.25. The molecule has 1 aliphatic rings. The van der Waals surface area contributed by atoms with Crippen LogP contribution < -0.4 is 18.7 Å². The maximum atomic E-state index is 17.2. The zero-order valence-electron chi connectivity index (χ0n) is 31.3. The zero-order valence-corrected chi connectivity index (χ0v) is 32.1. The number of nitrogens with zero attached hydrogens (tertiary/aromatic N) is 3. The van der Waals surface area contributed by atoms with Gasteiger partial charge in [0.05, 0.1) is 11.7 Å². The molecule has 0 aliphatic carbocycles. The first-order valence-corrected chi connectivity index (χ1v) is 18.3. The second kappa shape index (κ2) is 17.2. The number of nitrogens with one attached hydrogen (secondary N) is 1. The van der Waals surface area contributed by atoms with Crippen LogP contribution in [-0.2, 0) is 42.2 Å². The highest BCUT2D eigenvalue weighted by atomic mass is 32.2. The van der Waals surface area contributed by atoms with Gasteiger partial charge in [0.2, 0.25) is 0 Å². The molecule has 0 radical (unpaired) electrons. The summed E-state index contributed by atoms with van der Waals surface area (Å²) in [6, 6.07) is 8.66. The second-order valence-electron chi connectivity index (χ2n) is 14.7. The molecule has 0 aromatic heterocycles. The summed E-state index contributed by atoms with van der Waals surface area (Å²) in [6.45, 7) is 15.0. The molecule has 0 spiro atoms. The van der Waals surface area contributed by atoms with E-state index in [0.717, 1.165) is 11.0 Å². The van der Waals surface area contributed by atoms with Crippen molar-refractivity contribution in [2.75, 3.05) is 35.4 Å². The third-order valence-electron chi connectivity index (χ3n) is 7.24. The van der Waals surface area contributed by atoms with Gasteiger partial charge in [0, 0.05) is 31.1 Å². The second-order valence-corrected chi connectivity index (χ2v) is 16.3. The summed E-state index contributed by atoms with van der Waals surface area (Å²) in [5.41, 5.74) is -2.58. The van der Waals surface area contributed by atoms with Gasteiger partial charge < -0.3 is 29.0 Å². The Morgan fingerprint density at radius 3 is 2.25 bits per heavy atom. The van der Waals surface area contributed by atoms with Crippen LogP contribution in [0.25, 0.3) is 0 Å². The van der Waals surface area contributed by atoms with Crippen LogP contribution in [-0.4, -0.2) is 86.2 Å². The van der Waals surface area contributed by atoms with E-state index in [4.69, 9.17) is 18.9 Å². The number of benzene rings is 2. The summed E-state index contributed by atoms with van der Waals surface area (Å²) in [5, 5.41) is 10.4. The Morgan fingerprint density at radius 1 is 1.08 bits per heavy atom. The van der Waals surface area contributed by atoms with E-state index in [1.807, 2.05) is 13.8 Å². The Labute approximate surface area is 309 Å². The van der Waals surface area contributed by atoms with Gasteiger partial charge >= 0.3 is 34.5 Å². The highest BCUT2D eigenvalue weighted by molar-refractivity contribution is 7.91. The van der Waals surface area contributed by atoms with Crippen LogP contribution in [0, 0.1) is 11.7 Å². The molecule has 292 valence electrons. The van der Waals surface area contributed by atoms with Crippen LogP contribution >= 0.6 is 0 Å². The van der Waals surface area contributed by atoms with Crippen molar-refractivity contribution >= 4 is 45.8 Å². The van der Waals surface area contributed by atoms with E-state index in [0.29, 0.717) is 5.56 Å². The monoisotopic (exact) mass is 764 g/mol. The van der Waals surface area contributed by atoms with Crippen molar-refractivity contribution in [2.24, 2.45) is 5.92 Å². The van der Waals surface area contributed by atoms with Crippen LogP contribution in [0.1, 0.15) is 66.5 Å². The molecule has 2 aromatic rings. The number of fused-ring (bicyclic) bond motifs is 1. The maximum Gasteiger partial charge on any atom is 0.422 e. The summed E-state index contributed by atoms with van der Waals surface area (Å²) >= 11 is 0. The molecule has 0 saturated carbocycles. The SMILES string of the molecule is C=CCOC(=O)NS(=O)(=O)N(CC(=O)OC(C)(C)C)c1c(OCc2ccccc2)cc2c(c1F)C[C@H](CN(CC(C)C)C(=O)OC(C)(C)C)N2C(=O)O. The number of hydrogen-bond acceptors (Lipinski definition) is 10. The van der Waals surface area contributed by atoms with Crippen molar-refractivity contribution < 1.29 is 56.0 Å². The van der Waals surface area contributed by atoms with Crippen LogP contribution in [0.2, 0.25) is 0 Å². The summed E-state index contributed by atoms with van der Waals surface area (Å²) in [6.07, 6.45) is -2.75. The van der Waals surface area contributed by atoms with Gasteiger partial charge in [-0.1, -0.05) is 56.8 Å². The third-order valence-corrected chi connectivity index (χ3v) is 8.55. The van der Waals surface area contributed by atoms with E-state index >= 15 is 4.39 Å². The number of amides is 3. The van der Waals surface area contributed by atoms with Gasteiger partial charge in [-0.25, -0.2) is 27.8 Å². The molecule has 17 heteroatoms. The maximum absolute atomic E-state index is 17.2. The molecule has 3 amide bonds. The lowest BCUT2D eigenvalue weighted by Crippen LogP contribution is -2.48. The fourth-order valence-corrected chi connectivity index (χ4v) is 6.47. The van der Waals surface area contributed by atoms with Crippen molar-refractivity contribution in [3.8, 4) is 5.75 Å². The average Bonchev–Trinajstić information content (AvgIpc) is 3.38. The van der Waals surface area contributed by atoms with E-state index in [1.54, 1.807) is 76.6 Å². The highest BCUT2D eigenvalue weighted by Gasteiger charge is 2.43. The highest BCUT2D eigenvalue weighted by Crippen LogP contribution is 2.45. The minimum absolute atomic E-state index is 0.0526.